The van der Waals surface area contributed by atoms with E-state index in [2.05, 4.69) is 4.90 Å². The molecule has 6 nitrogen and oxygen atoms in total. The average molecular weight is 396 g/mol. The lowest BCUT2D eigenvalue weighted by Crippen LogP contribution is -2.45. The van der Waals surface area contributed by atoms with Gasteiger partial charge in [-0.05, 0) is 68.6 Å². The van der Waals surface area contributed by atoms with Gasteiger partial charge in [-0.15, -0.1) is 0 Å². The van der Waals surface area contributed by atoms with Crippen molar-refractivity contribution in [2.75, 3.05) is 26.2 Å². The molecule has 1 amide bonds. The third-order valence-electron chi connectivity index (χ3n) is 6.23. The van der Waals surface area contributed by atoms with E-state index >= 15 is 0 Å². The van der Waals surface area contributed by atoms with Gasteiger partial charge < -0.3 is 14.4 Å². The van der Waals surface area contributed by atoms with Crippen LogP contribution in [0.15, 0.2) is 47.1 Å². The SMILES string of the molecule is O=C(O)c1cccc([C@@H]2CCCN(C(=O)C3CCN(Cc4ccco4)CC3)C2)c1. The second kappa shape index (κ2) is 8.82. The molecule has 0 radical (unpaired) electrons. The zero-order valence-electron chi connectivity index (χ0n) is 16.6. The fourth-order valence-electron chi connectivity index (χ4n) is 4.59. The van der Waals surface area contributed by atoms with E-state index in [0.29, 0.717) is 12.1 Å². The van der Waals surface area contributed by atoms with Gasteiger partial charge >= 0.3 is 5.97 Å². The molecule has 29 heavy (non-hydrogen) atoms. The molecule has 0 aliphatic carbocycles. The molecule has 4 rings (SSSR count). The van der Waals surface area contributed by atoms with Gasteiger partial charge in [-0.2, -0.15) is 0 Å². The number of likely N-dealkylation sites (tertiary alicyclic amines) is 2. The monoisotopic (exact) mass is 396 g/mol. The number of nitrogens with zero attached hydrogens (tertiary/aromatic N) is 2. The van der Waals surface area contributed by atoms with Crippen molar-refractivity contribution in [3.05, 3.63) is 59.5 Å². The van der Waals surface area contributed by atoms with Crippen molar-refractivity contribution in [2.24, 2.45) is 5.92 Å². The number of furan rings is 1. The smallest absolute Gasteiger partial charge is 0.335 e. The molecular formula is C23H28N2O4. The van der Waals surface area contributed by atoms with E-state index in [9.17, 15) is 14.7 Å². The van der Waals surface area contributed by atoms with E-state index < -0.39 is 5.97 Å². The second-order valence-electron chi connectivity index (χ2n) is 8.18. The van der Waals surface area contributed by atoms with E-state index in [4.69, 9.17) is 4.42 Å². The van der Waals surface area contributed by atoms with E-state index in [1.165, 1.54) is 0 Å². The molecule has 0 unspecified atom stereocenters. The van der Waals surface area contributed by atoms with Crippen LogP contribution >= 0.6 is 0 Å². The molecule has 1 atom stereocenters. The van der Waals surface area contributed by atoms with E-state index in [1.807, 2.05) is 23.1 Å². The van der Waals surface area contributed by atoms with Gasteiger partial charge in [0.1, 0.15) is 5.76 Å². The summed E-state index contributed by atoms with van der Waals surface area (Å²) in [5, 5.41) is 9.25. The molecule has 154 valence electrons. The van der Waals surface area contributed by atoms with E-state index in [0.717, 1.165) is 63.2 Å². The number of hydrogen-bond donors (Lipinski definition) is 1. The Hall–Kier alpha value is -2.60. The Labute approximate surface area is 171 Å². The van der Waals surface area contributed by atoms with Gasteiger partial charge in [0.2, 0.25) is 5.91 Å². The summed E-state index contributed by atoms with van der Waals surface area (Å²) in [6.07, 6.45) is 5.43. The summed E-state index contributed by atoms with van der Waals surface area (Å²) in [5.41, 5.74) is 1.34. The standard InChI is InChI=1S/C23H28N2O4/c26-22(17-8-11-24(12-9-17)16-21-7-3-13-29-21)25-10-2-6-20(15-25)18-4-1-5-19(14-18)23(27)28/h1,3-5,7,13-14,17,20H,2,6,8-12,15-16H2,(H,27,28)/t20-/m1/s1. The molecular weight excluding hydrogens is 368 g/mol. The van der Waals surface area contributed by atoms with Crippen molar-refractivity contribution in [1.29, 1.82) is 0 Å². The summed E-state index contributed by atoms with van der Waals surface area (Å²) in [5.74, 6) is 0.633. The minimum Gasteiger partial charge on any atom is -0.478 e. The van der Waals surface area contributed by atoms with E-state index in [1.54, 1.807) is 24.5 Å². The molecule has 2 fully saturated rings. The van der Waals surface area contributed by atoms with Crippen LogP contribution in [0.1, 0.15) is 53.3 Å². The Morgan fingerprint density at radius 2 is 1.90 bits per heavy atom. The maximum absolute atomic E-state index is 13.1. The lowest BCUT2D eigenvalue weighted by molar-refractivity contribution is -0.138. The molecule has 0 bridgehead atoms. The van der Waals surface area contributed by atoms with Crippen LogP contribution in [0.2, 0.25) is 0 Å². The summed E-state index contributed by atoms with van der Waals surface area (Å²) >= 11 is 0. The van der Waals surface area contributed by atoms with E-state index in [-0.39, 0.29) is 17.7 Å². The van der Waals surface area contributed by atoms with Gasteiger partial charge in [0, 0.05) is 24.9 Å². The molecule has 3 heterocycles. The second-order valence-corrected chi connectivity index (χ2v) is 8.18. The van der Waals surface area contributed by atoms with Crippen LogP contribution < -0.4 is 0 Å². The highest BCUT2D eigenvalue weighted by molar-refractivity contribution is 5.87. The number of rotatable bonds is 5. The topological polar surface area (TPSA) is 74.0 Å². The van der Waals surface area contributed by atoms with Crippen LogP contribution in [0.4, 0.5) is 0 Å². The first-order valence-electron chi connectivity index (χ1n) is 10.5. The molecule has 2 saturated heterocycles. The molecule has 0 saturated carbocycles. The zero-order chi connectivity index (χ0) is 20.2. The molecule has 1 aromatic heterocycles. The minimum atomic E-state index is -0.906. The summed E-state index contributed by atoms with van der Waals surface area (Å²) in [7, 11) is 0. The molecule has 6 heteroatoms. The molecule has 1 N–H and O–H groups in total. The normalized spacial score (nSPS) is 21.2. The van der Waals surface area contributed by atoms with Crippen molar-refractivity contribution in [1.82, 2.24) is 9.80 Å². The van der Waals surface area contributed by atoms with Gasteiger partial charge in [0.15, 0.2) is 0 Å². The molecule has 0 spiro atoms. The van der Waals surface area contributed by atoms with Gasteiger partial charge in [0.05, 0.1) is 18.4 Å². The Balaban J connectivity index is 1.33. The first-order chi connectivity index (χ1) is 14.1. The highest BCUT2D eigenvalue weighted by Crippen LogP contribution is 2.30. The molecule has 1 aromatic carbocycles. The fraction of sp³-hybridized carbons (Fsp3) is 0.478. The Morgan fingerprint density at radius 3 is 2.62 bits per heavy atom. The van der Waals surface area contributed by atoms with Gasteiger partial charge in [-0.3, -0.25) is 9.69 Å². The number of carbonyl (C=O) groups excluding carboxylic acids is 1. The highest BCUT2D eigenvalue weighted by Gasteiger charge is 2.32. The summed E-state index contributed by atoms with van der Waals surface area (Å²) < 4.78 is 5.43. The third-order valence-corrected chi connectivity index (χ3v) is 6.23. The Morgan fingerprint density at radius 1 is 1.07 bits per heavy atom. The predicted octanol–water partition coefficient (Wildman–Crippen LogP) is 3.60. The summed E-state index contributed by atoms with van der Waals surface area (Å²) in [6.45, 7) is 4.12. The number of carbonyl (C=O) groups is 2. The molecule has 2 aliphatic heterocycles. The lowest BCUT2D eigenvalue weighted by Gasteiger charge is -2.38. The van der Waals surface area contributed by atoms with Gasteiger partial charge in [-0.25, -0.2) is 4.79 Å². The first-order valence-corrected chi connectivity index (χ1v) is 10.5. The van der Waals surface area contributed by atoms with Crippen molar-refractivity contribution in [3.63, 3.8) is 0 Å². The fourth-order valence-corrected chi connectivity index (χ4v) is 4.59. The average Bonchev–Trinajstić information content (AvgIpc) is 3.27. The maximum Gasteiger partial charge on any atom is 0.335 e. The van der Waals surface area contributed by atoms with Gasteiger partial charge in [0.25, 0.3) is 0 Å². The van der Waals surface area contributed by atoms with Crippen molar-refractivity contribution in [2.45, 2.75) is 38.1 Å². The number of benzene rings is 1. The number of aromatic carboxylic acids is 1. The maximum atomic E-state index is 13.1. The predicted molar refractivity (Wildman–Crippen MR) is 109 cm³/mol. The van der Waals surface area contributed by atoms with Crippen LogP contribution in [0.25, 0.3) is 0 Å². The van der Waals surface area contributed by atoms with Crippen LogP contribution in [-0.2, 0) is 11.3 Å². The Kier molecular flexibility index (Phi) is 6.00. The van der Waals surface area contributed by atoms with Crippen molar-refractivity contribution < 1.29 is 19.1 Å². The summed E-state index contributed by atoms with van der Waals surface area (Å²) in [6, 6.07) is 11.1. The van der Waals surface area contributed by atoms with Crippen molar-refractivity contribution in [3.8, 4) is 0 Å². The van der Waals surface area contributed by atoms with Crippen molar-refractivity contribution >= 4 is 11.9 Å². The number of piperidine rings is 2. The largest absolute Gasteiger partial charge is 0.478 e. The quantitative estimate of drug-likeness (QED) is 0.836. The van der Waals surface area contributed by atoms with Crippen LogP contribution in [0.5, 0.6) is 0 Å². The first kappa shape index (κ1) is 19.7. The van der Waals surface area contributed by atoms with Gasteiger partial charge in [-0.1, -0.05) is 12.1 Å². The lowest BCUT2D eigenvalue weighted by atomic mass is 9.88. The van der Waals surface area contributed by atoms with Crippen LogP contribution in [0.3, 0.4) is 0 Å². The molecule has 2 aromatic rings. The molecule has 2 aliphatic rings. The number of carboxylic acid groups (broad SMARTS) is 1. The Bertz CT molecular complexity index is 840. The third kappa shape index (κ3) is 4.70. The number of carboxylic acids is 1. The highest BCUT2D eigenvalue weighted by atomic mass is 16.4. The zero-order valence-corrected chi connectivity index (χ0v) is 16.6. The minimum absolute atomic E-state index is 0.0898. The van der Waals surface area contributed by atoms with Crippen LogP contribution in [0, 0.1) is 5.92 Å². The number of hydrogen-bond acceptors (Lipinski definition) is 4. The van der Waals surface area contributed by atoms with Crippen LogP contribution in [-0.4, -0.2) is 53.0 Å². The summed E-state index contributed by atoms with van der Waals surface area (Å²) in [4.78, 5) is 28.7. The number of amides is 1.